The Balaban J connectivity index is 1.45. The number of H-pyrrole nitrogens is 1. The molecule has 32 heavy (non-hydrogen) atoms. The number of carbonyl (C=O) groups excluding carboxylic acids is 2. The van der Waals surface area contributed by atoms with Crippen LogP contribution < -0.4 is 4.74 Å². The maximum Gasteiger partial charge on any atom is 0.295 e. The average Bonchev–Trinajstić information content (AvgIpc) is 3.29. The normalized spacial score (nSPS) is 13.1. The van der Waals surface area contributed by atoms with Crippen molar-refractivity contribution < 1.29 is 14.3 Å². The maximum absolute atomic E-state index is 13.2. The quantitative estimate of drug-likeness (QED) is 0.290. The zero-order chi connectivity index (χ0) is 22.2. The summed E-state index contributed by atoms with van der Waals surface area (Å²) in [4.78, 5) is 39.1. The zero-order valence-corrected chi connectivity index (χ0v) is 18.0. The van der Waals surface area contributed by atoms with Crippen molar-refractivity contribution in [2.24, 2.45) is 0 Å². The number of fused-ring (bicyclic) bond motifs is 2. The van der Waals surface area contributed by atoms with Crippen LogP contribution in [0, 0.1) is 0 Å². The summed E-state index contributed by atoms with van der Waals surface area (Å²) in [5, 5.41) is 0.671. The molecule has 1 aliphatic heterocycles. The van der Waals surface area contributed by atoms with E-state index in [0.717, 1.165) is 16.7 Å². The second-order valence-electron chi connectivity index (χ2n) is 7.56. The molecule has 0 saturated heterocycles. The van der Waals surface area contributed by atoms with Gasteiger partial charge in [0, 0.05) is 37.2 Å². The fraction of sp³-hybridized carbons (Fsp3) is 0.167. The van der Waals surface area contributed by atoms with Crippen molar-refractivity contribution in [2.45, 2.75) is 13.0 Å². The Morgan fingerprint density at radius 2 is 2.06 bits per heavy atom. The van der Waals surface area contributed by atoms with Crippen LogP contribution in [0.3, 0.4) is 0 Å². The van der Waals surface area contributed by atoms with E-state index >= 15 is 0 Å². The highest BCUT2D eigenvalue weighted by atomic mass is 35.5. The third-order valence-electron chi connectivity index (χ3n) is 5.81. The van der Waals surface area contributed by atoms with Crippen LogP contribution in [0.25, 0.3) is 22.0 Å². The van der Waals surface area contributed by atoms with Crippen LogP contribution in [0.5, 0.6) is 5.75 Å². The number of amides is 1. The van der Waals surface area contributed by atoms with E-state index in [1.165, 1.54) is 25.1 Å². The lowest BCUT2D eigenvalue weighted by Crippen LogP contribution is -2.40. The van der Waals surface area contributed by atoms with E-state index in [4.69, 9.17) is 16.3 Å². The zero-order valence-electron chi connectivity index (χ0n) is 17.3. The minimum Gasteiger partial charge on any atom is -0.494 e. The molecule has 0 atom stereocenters. The summed E-state index contributed by atoms with van der Waals surface area (Å²) in [6.45, 7) is 0.826. The molecule has 5 rings (SSSR count). The number of nitrogens with one attached hydrogen (secondary N) is 1. The van der Waals surface area contributed by atoms with Crippen molar-refractivity contribution in [1.29, 1.82) is 0 Å². The van der Waals surface area contributed by atoms with Crippen molar-refractivity contribution in [3.05, 3.63) is 77.0 Å². The van der Waals surface area contributed by atoms with Crippen molar-refractivity contribution in [3.8, 4) is 16.9 Å². The number of Topliss-reactive ketones (excluding diaryl/α,β-unsaturated/α-hetero) is 1. The van der Waals surface area contributed by atoms with Crippen LogP contribution in [0.1, 0.15) is 21.5 Å². The van der Waals surface area contributed by atoms with E-state index < -0.39 is 11.7 Å². The van der Waals surface area contributed by atoms with Crippen molar-refractivity contribution in [3.63, 3.8) is 0 Å². The highest BCUT2D eigenvalue weighted by Gasteiger charge is 2.30. The fourth-order valence-electron chi connectivity index (χ4n) is 4.25. The molecule has 7 nitrogen and oxygen atoms in total. The Morgan fingerprint density at radius 3 is 2.84 bits per heavy atom. The minimum absolute atomic E-state index is 0.210. The molecule has 1 aliphatic rings. The molecule has 1 N–H and O–H groups in total. The highest BCUT2D eigenvalue weighted by molar-refractivity contribution is 6.45. The highest BCUT2D eigenvalue weighted by Crippen LogP contribution is 2.33. The maximum atomic E-state index is 13.2. The number of benzene rings is 1. The first-order valence-corrected chi connectivity index (χ1v) is 10.5. The fourth-order valence-corrected chi connectivity index (χ4v) is 4.45. The summed E-state index contributed by atoms with van der Waals surface area (Å²) in [7, 11) is 1.48. The Labute approximate surface area is 189 Å². The summed E-state index contributed by atoms with van der Waals surface area (Å²) >= 11 is 6.14. The van der Waals surface area contributed by atoms with Crippen LogP contribution in [0.2, 0.25) is 5.15 Å². The topological polar surface area (TPSA) is 88.2 Å². The summed E-state index contributed by atoms with van der Waals surface area (Å²) < 4.78 is 5.34. The van der Waals surface area contributed by atoms with Gasteiger partial charge >= 0.3 is 0 Å². The standard InChI is InChI=1S/C24H19ClN4O3/c1-32-19-12-28-23(25)21-20(19)18(11-27-21)22(30)24(31)29-9-7-17-15(13-29)4-2-6-16(17)14-5-3-8-26-10-14/h2-6,8,10-12,27H,7,9,13H2,1H3. The van der Waals surface area contributed by atoms with E-state index in [1.807, 2.05) is 30.5 Å². The number of aromatic nitrogens is 3. The molecule has 0 radical (unpaired) electrons. The van der Waals surface area contributed by atoms with Gasteiger partial charge in [-0.25, -0.2) is 4.98 Å². The van der Waals surface area contributed by atoms with Gasteiger partial charge in [0.2, 0.25) is 0 Å². The second kappa shape index (κ2) is 8.09. The number of methoxy groups -OCH3 is 1. The Bertz CT molecular complexity index is 1350. The number of ether oxygens (including phenoxy) is 1. The van der Waals surface area contributed by atoms with Gasteiger partial charge in [-0.15, -0.1) is 0 Å². The molecule has 0 fully saturated rings. The molecule has 0 bridgehead atoms. The molecule has 0 unspecified atom stereocenters. The third-order valence-corrected chi connectivity index (χ3v) is 6.10. The summed E-state index contributed by atoms with van der Waals surface area (Å²) in [5.74, 6) is -0.783. The molecule has 4 heterocycles. The summed E-state index contributed by atoms with van der Waals surface area (Å²) in [5.41, 5.74) is 5.05. The number of aromatic amines is 1. The number of hydrogen-bond donors (Lipinski definition) is 1. The van der Waals surface area contributed by atoms with Gasteiger partial charge in [-0.05, 0) is 29.2 Å². The smallest absolute Gasteiger partial charge is 0.295 e. The molecule has 1 aromatic carbocycles. The Hall–Kier alpha value is -3.71. The second-order valence-corrected chi connectivity index (χ2v) is 7.92. The molecular weight excluding hydrogens is 428 g/mol. The summed E-state index contributed by atoms with van der Waals surface area (Å²) in [6, 6.07) is 9.96. The number of halogens is 1. The molecule has 0 aliphatic carbocycles. The molecule has 0 spiro atoms. The van der Waals surface area contributed by atoms with Gasteiger partial charge in [0.15, 0.2) is 5.15 Å². The number of nitrogens with zero attached hydrogens (tertiary/aromatic N) is 3. The molecular formula is C24H19ClN4O3. The number of hydrogen-bond acceptors (Lipinski definition) is 5. The van der Waals surface area contributed by atoms with E-state index in [1.54, 1.807) is 11.1 Å². The number of carbonyl (C=O) groups is 2. The van der Waals surface area contributed by atoms with Gasteiger partial charge in [0.1, 0.15) is 5.75 Å². The van der Waals surface area contributed by atoms with Crippen molar-refractivity contribution >= 4 is 34.2 Å². The lowest BCUT2D eigenvalue weighted by molar-refractivity contribution is -0.127. The van der Waals surface area contributed by atoms with Crippen molar-refractivity contribution in [2.75, 3.05) is 13.7 Å². The average molecular weight is 447 g/mol. The molecule has 160 valence electrons. The number of rotatable bonds is 4. The van der Waals surface area contributed by atoms with Gasteiger partial charge in [-0.1, -0.05) is 35.9 Å². The molecule has 1 amide bonds. The van der Waals surface area contributed by atoms with Crippen LogP contribution in [0.4, 0.5) is 0 Å². The van der Waals surface area contributed by atoms with Crippen LogP contribution in [0.15, 0.2) is 55.1 Å². The van der Waals surface area contributed by atoms with Crippen molar-refractivity contribution in [1.82, 2.24) is 19.9 Å². The van der Waals surface area contributed by atoms with Crippen LogP contribution >= 0.6 is 11.6 Å². The Kier molecular flexibility index (Phi) is 5.11. The van der Waals surface area contributed by atoms with Gasteiger partial charge in [0.05, 0.1) is 29.8 Å². The third kappa shape index (κ3) is 3.31. The van der Waals surface area contributed by atoms with E-state index in [0.29, 0.717) is 36.2 Å². The lowest BCUT2D eigenvalue weighted by atomic mass is 9.91. The lowest BCUT2D eigenvalue weighted by Gasteiger charge is -2.29. The SMILES string of the molecule is COc1cnc(Cl)c2[nH]cc(C(=O)C(=O)N3CCc4c(cccc4-c4cccnc4)C3)c12. The van der Waals surface area contributed by atoms with Gasteiger partial charge in [-0.2, -0.15) is 0 Å². The molecule has 3 aromatic heterocycles. The largest absolute Gasteiger partial charge is 0.494 e. The van der Waals surface area contributed by atoms with Crippen LogP contribution in [-0.4, -0.2) is 45.2 Å². The van der Waals surface area contributed by atoms with E-state index in [2.05, 4.69) is 21.0 Å². The van der Waals surface area contributed by atoms with Gasteiger partial charge in [-0.3, -0.25) is 14.6 Å². The van der Waals surface area contributed by atoms with E-state index in [9.17, 15) is 9.59 Å². The predicted molar refractivity (Wildman–Crippen MR) is 121 cm³/mol. The van der Waals surface area contributed by atoms with Gasteiger partial charge < -0.3 is 14.6 Å². The monoisotopic (exact) mass is 446 g/mol. The molecule has 4 aromatic rings. The Morgan fingerprint density at radius 1 is 1.19 bits per heavy atom. The minimum atomic E-state index is -0.608. The van der Waals surface area contributed by atoms with E-state index in [-0.39, 0.29) is 10.7 Å². The molecule has 8 heteroatoms. The number of ketones is 1. The first kappa shape index (κ1) is 20.2. The van der Waals surface area contributed by atoms with Gasteiger partial charge in [0.25, 0.3) is 11.7 Å². The first-order chi connectivity index (χ1) is 15.6. The summed E-state index contributed by atoms with van der Waals surface area (Å²) in [6.07, 6.45) is 7.16. The first-order valence-electron chi connectivity index (χ1n) is 10.1. The number of pyridine rings is 2. The molecule has 0 saturated carbocycles. The predicted octanol–water partition coefficient (Wildman–Crippen LogP) is 4.05. The van der Waals surface area contributed by atoms with Crippen LogP contribution in [-0.2, 0) is 17.8 Å².